The minimum atomic E-state index is -0.302. The molecule has 1 unspecified atom stereocenters. The number of carbonyl (C=O) groups is 2. The summed E-state index contributed by atoms with van der Waals surface area (Å²) in [7, 11) is 0. The van der Waals surface area contributed by atoms with Gasteiger partial charge in [0.05, 0.1) is 19.3 Å². The van der Waals surface area contributed by atoms with Gasteiger partial charge in [0.1, 0.15) is 0 Å². The molecule has 1 amide bonds. The number of nitrogens with zero attached hydrogens (tertiary/aromatic N) is 1. The molecule has 1 rings (SSSR count). The lowest BCUT2D eigenvalue weighted by molar-refractivity contribution is -0.123. The lowest BCUT2D eigenvalue weighted by Gasteiger charge is -2.24. The first-order valence-electron chi connectivity index (χ1n) is 29.6. The van der Waals surface area contributed by atoms with Crippen LogP contribution in [-0.4, -0.2) is 88.2 Å². The number of amides is 1. The molecule has 10 heteroatoms. The largest absolute Gasteiger partial charge is 0.490 e. The molecule has 406 valence electrons. The first-order valence-corrected chi connectivity index (χ1v) is 29.6. The molecule has 0 aliphatic heterocycles. The van der Waals surface area contributed by atoms with E-state index < -0.39 is 0 Å². The predicted octanol–water partition coefficient (Wildman–Crippen LogP) is 13.7. The Hall–Kier alpha value is -2.76. The number of rotatable bonds is 54. The molecule has 0 bridgehead atoms. The number of allylic oxidation sites excluding steroid dienone is 4. The summed E-state index contributed by atoms with van der Waals surface area (Å²) >= 11 is 0. The molecule has 0 aliphatic carbocycles. The number of hydrogen-bond acceptors (Lipinski definition) is 9. The average molecular weight is 982 g/mol. The van der Waals surface area contributed by atoms with Crippen LogP contribution in [0.2, 0.25) is 0 Å². The van der Waals surface area contributed by atoms with Gasteiger partial charge in [-0.2, -0.15) is 0 Å². The van der Waals surface area contributed by atoms with Crippen LogP contribution in [0.25, 0.3) is 0 Å². The lowest BCUT2D eigenvalue weighted by Crippen LogP contribution is -2.45. The van der Waals surface area contributed by atoms with Gasteiger partial charge in [-0.05, 0) is 167 Å². The summed E-state index contributed by atoms with van der Waals surface area (Å²) in [5.74, 6) is 1.40. The second-order valence-corrected chi connectivity index (χ2v) is 20.0. The number of carbonyl (C=O) groups excluding carboxylic acids is 2. The molecule has 0 saturated heterocycles. The zero-order valence-corrected chi connectivity index (χ0v) is 45.8. The van der Waals surface area contributed by atoms with Gasteiger partial charge in [0.25, 0.3) is 0 Å². The highest BCUT2D eigenvalue weighted by atomic mass is 16.5. The van der Waals surface area contributed by atoms with E-state index in [1.807, 2.05) is 18.2 Å². The molecule has 8 N–H and O–H groups in total. The second kappa shape index (κ2) is 51.2. The zero-order chi connectivity index (χ0) is 50.6. The number of hydrogen-bond donors (Lipinski definition) is 5. The van der Waals surface area contributed by atoms with Crippen LogP contribution in [0.3, 0.4) is 0 Å². The van der Waals surface area contributed by atoms with Gasteiger partial charge in [-0.25, -0.2) is 0 Å². The number of ether oxygens (including phenoxy) is 2. The molecule has 0 aliphatic rings. The molecule has 0 aromatic heterocycles. The Kier molecular flexibility index (Phi) is 47.7. The first-order chi connectivity index (χ1) is 34.5. The maximum atomic E-state index is 13.5. The highest BCUT2D eigenvalue weighted by Gasteiger charge is 2.19. The van der Waals surface area contributed by atoms with Crippen LogP contribution in [0.1, 0.15) is 249 Å². The number of nitrogens with two attached hydrogens (primary N) is 3. The third kappa shape index (κ3) is 39.8. The number of Topliss-reactive ketones (excluding diaryl/α,β-unsaturated/α-hetero) is 1. The van der Waals surface area contributed by atoms with Crippen molar-refractivity contribution >= 4 is 11.7 Å². The Balaban J connectivity index is 2.62. The van der Waals surface area contributed by atoms with Crippen LogP contribution >= 0.6 is 0 Å². The van der Waals surface area contributed by atoms with Gasteiger partial charge in [-0.15, -0.1) is 0 Å². The third-order valence-electron chi connectivity index (χ3n) is 13.4. The Bertz CT molecular complexity index is 1370. The van der Waals surface area contributed by atoms with E-state index in [0.717, 1.165) is 83.2 Å². The van der Waals surface area contributed by atoms with Crippen molar-refractivity contribution < 1.29 is 19.1 Å². The SMILES string of the molecule is CCCCCCCC/C=C\CCCCCCCCOc1ccc(C(=O)CCCNC(=O)C(CCCN(CCCN)CCCN)NCCCN)cc1OCCCCCCCC/C=C\CCCCCCCC. The standard InChI is InChI=1S/C60H112N6O4/c1-3-5-7-9-11-13-15-17-19-21-23-25-27-29-31-33-52-69-58-43-42-55(54-59(58)70-53-34-32-30-28-26-24-22-20-18-16-14-12-10-8-6-4-2)57(67)41-35-47-65-60(68)56(64-48-37-44-61)40-36-49-66(50-38-45-62)51-39-46-63/h17-20,42-43,54,56,64H,3-16,21-41,44-53,61-63H2,1-2H3,(H,65,68)/b19-17-,20-18-. The smallest absolute Gasteiger partial charge is 0.237 e. The molecule has 0 saturated carbocycles. The summed E-state index contributed by atoms with van der Waals surface area (Å²) in [4.78, 5) is 29.3. The van der Waals surface area contributed by atoms with Gasteiger partial charge in [-0.1, -0.05) is 154 Å². The summed E-state index contributed by atoms with van der Waals surface area (Å²) in [5, 5.41) is 6.52. The van der Waals surface area contributed by atoms with E-state index in [2.05, 4.69) is 53.7 Å². The van der Waals surface area contributed by atoms with Gasteiger partial charge >= 0.3 is 0 Å². The van der Waals surface area contributed by atoms with Crippen LogP contribution in [0, 0.1) is 0 Å². The molecule has 0 fully saturated rings. The second-order valence-electron chi connectivity index (χ2n) is 20.0. The Morgan fingerprint density at radius 2 is 0.957 bits per heavy atom. The highest BCUT2D eigenvalue weighted by Crippen LogP contribution is 2.30. The molecule has 0 heterocycles. The van der Waals surface area contributed by atoms with E-state index in [9.17, 15) is 9.59 Å². The quantitative estimate of drug-likeness (QED) is 0.0243. The van der Waals surface area contributed by atoms with E-state index in [0.29, 0.717) is 70.1 Å². The molecule has 1 aromatic rings. The van der Waals surface area contributed by atoms with Gasteiger partial charge in [0.15, 0.2) is 17.3 Å². The van der Waals surface area contributed by atoms with Crippen LogP contribution in [0.15, 0.2) is 42.5 Å². The van der Waals surface area contributed by atoms with Crippen LogP contribution in [0.5, 0.6) is 11.5 Å². The fourth-order valence-electron chi connectivity index (χ4n) is 8.89. The third-order valence-corrected chi connectivity index (χ3v) is 13.4. The lowest BCUT2D eigenvalue weighted by atomic mass is 10.1. The molecule has 0 radical (unpaired) electrons. The molecular weight excluding hydrogens is 869 g/mol. The summed E-state index contributed by atoms with van der Waals surface area (Å²) in [5.41, 5.74) is 17.9. The Morgan fingerprint density at radius 3 is 1.44 bits per heavy atom. The van der Waals surface area contributed by atoms with Crippen molar-refractivity contribution in [3.8, 4) is 11.5 Å². The molecular formula is C60H112N6O4. The number of unbranched alkanes of at least 4 members (excludes halogenated alkanes) is 24. The fraction of sp³-hybridized carbons (Fsp3) is 0.800. The van der Waals surface area contributed by atoms with Crippen molar-refractivity contribution in [1.29, 1.82) is 0 Å². The van der Waals surface area contributed by atoms with Crippen LogP contribution < -0.4 is 37.3 Å². The van der Waals surface area contributed by atoms with Crippen molar-refractivity contribution in [3.63, 3.8) is 0 Å². The van der Waals surface area contributed by atoms with Crippen molar-refractivity contribution in [2.24, 2.45) is 17.2 Å². The van der Waals surface area contributed by atoms with E-state index >= 15 is 0 Å². The minimum Gasteiger partial charge on any atom is -0.490 e. The molecule has 70 heavy (non-hydrogen) atoms. The van der Waals surface area contributed by atoms with Crippen molar-refractivity contribution in [3.05, 3.63) is 48.1 Å². The summed E-state index contributed by atoms with van der Waals surface area (Å²) in [6.45, 7) is 11.6. The normalized spacial score (nSPS) is 12.2. The van der Waals surface area contributed by atoms with Gasteiger partial charge in [0, 0.05) is 18.5 Å². The molecule has 0 spiro atoms. The fourth-order valence-corrected chi connectivity index (χ4v) is 8.89. The van der Waals surface area contributed by atoms with Gasteiger partial charge in [-0.3, -0.25) is 9.59 Å². The minimum absolute atomic E-state index is 0.0230. The monoisotopic (exact) mass is 981 g/mol. The maximum Gasteiger partial charge on any atom is 0.237 e. The number of nitrogens with one attached hydrogen (secondary N) is 2. The van der Waals surface area contributed by atoms with E-state index in [1.54, 1.807) is 0 Å². The Labute approximate surface area is 431 Å². The molecule has 10 nitrogen and oxygen atoms in total. The highest BCUT2D eigenvalue weighted by molar-refractivity contribution is 5.96. The van der Waals surface area contributed by atoms with E-state index in [1.165, 1.54) is 154 Å². The summed E-state index contributed by atoms with van der Waals surface area (Å²) in [6, 6.07) is 5.36. The topological polar surface area (TPSA) is 158 Å². The van der Waals surface area contributed by atoms with Gasteiger partial charge in [0.2, 0.25) is 5.91 Å². The van der Waals surface area contributed by atoms with E-state index in [-0.39, 0.29) is 17.7 Å². The molecule has 1 aromatic carbocycles. The van der Waals surface area contributed by atoms with Crippen molar-refractivity contribution in [2.75, 3.05) is 65.6 Å². The van der Waals surface area contributed by atoms with Crippen molar-refractivity contribution in [1.82, 2.24) is 15.5 Å². The summed E-state index contributed by atoms with van der Waals surface area (Å²) < 4.78 is 12.7. The van der Waals surface area contributed by atoms with Gasteiger partial charge < -0.3 is 42.2 Å². The Morgan fingerprint density at radius 1 is 0.514 bits per heavy atom. The number of ketones is 1. The molecule has 1 atom stereocenters. The first kappa shape index (κ1) is 65.3. The maximum absolute atomic E-state index is 13.5. The zero-order valence-electron chi connectivity index (χ0n) is 45.8. The van der Waals surface area contributed by atoms with E-state index in [4.69, 9.17) is 26.7 Å². The predicted molar refractivity (Wildman–Crippen MR) is 301 cm³/mol. The van der Waals surface area contributed by atoms with Crippen molar-refractivity contribution in [2.45, 2.75) is 245 Å². The van der Waals surface area contributed by atoms with Crippen LogP contribution in [0.4, 0.5) is 0 Å². The average Bonchev–Trinajstić information content (AvgIpc) is 3.37. The van der Waals surface area contributed by atoms with Crippen LogP contribution in [-0.2, 0) is 4.79 Å². The summed E-state index contributed by atoms with van der Waals surface area (Å²) in [6.07, 6.45) is 50.4. The number of benzene rings is 1.